The van der Waals surface area contributed by atoms with E-state index in [0.717, 1.165) is 32.5 Å². The third kappa shape index (κ3) is 5.08. The molecule has 0 saturated carbocycles. The maximum atomic E-state index is 12.7. The van der Waals surface area contributed by atoms with Crippen molar-refractivity contribution in [1.29, 1.82) is 0 Å². The van der Waals surface area contributed by atoms with Gasteiger partial charge >= 0.3 is 0 Å². The molecule has 2 saturated heterocycles. The van der Waals surface area contributed by atoms with Crippen molar-refractivity contribution in [3.8, 4) is 0 Å². The van der Waals surface area contributed by atoms with Crippen molar-refractivity contribution >= 4 is 24.2 Å². The molecule has 1 unspecified atom stereocenters. The molecule has 0 aromatic carbocycles. The first kappa shape index (κ1) is 19.7. The number of hydrogen-bond donors (Lipinski definition) is 1. The van der Waals surface area contributed by atoms with E-state index in [0.29, 0.717) is 25.9 Å². The van der Waals surface area contributed by atoms with E-state index in [9.17, 15) is 9.59 Å². The Morgan fingerprint density at radius 3 is 2.61 bits per heavy atom. The van der Waals surface area contributed by atoms with Gasteiger partial charge in [0, 0.05) is 38.1 Å². The molecule has 0 aliphatic carbocycles. The first-order valence-corrected chi connectivity index (χ1v) is 8.18. The fourth-order valence-electron chi connectivity index (χ4n) is 3.38. The molecule has 1 atom stereocenters. The molecule has 2 aliphatic rings. The van der Waals surface area contributed by atoms with Crippen LogP contribution in [0.2, 0.25) is 0 Å². The molecule has 0 aromatic rings. The maximum Gasteiger partial charge on any atom is 0.236 e. The molecule has 0 spiro atoms. The summed E-state index contributed by atoms with van der Waals surface area (Å²) in [6, 6.07) is 0.167. The Bertz CT molecular complexity index is 432. The number of nitrogens with one attached hydrogen (secondary N) is 1. The molecule has 6 heteroatoms. The molecule has 5 nitrogen and oxygen atoms in total. The van der Waals surface area contributed by atoms with Crippen LogP contribution in [0.25, 0.3) is 0 Å². The Kier molecular flexibility index (Phi) is 8.34. The van der Waals surface area contributed by atoms with Crippen molar-refractivity contribution < 1.29 is 9.59 Å². The number of piperidine rings is 1. The smallest absolute Gasteiger partial charge is 0.236 e. The van der Waals surface area contributed by atoms with Crippen LogP contribution in [0.1, 0.15) is 25.7 Å². The van der Waals surface area contributed by atoms with Gasteiger partial charge in [0.15, 0.2) is 0 Å². The lowest BCUT2D eigenvalue weighted by Crippen LogP contribution is -2.58. The zero-order chi connectivity index (χ0) is 15.9. The number of halogens is 1. The van der Waals surface area contributed by atoms with Crippen LogP contribution in [0.5, 0.6) is 0 Å². The summed E-state index contributed by atoms with van der Waals surface area (Å²) in [5, 5.41) is 3.10. The van der Waals surface area contributed by atoms with Crippen LogP contribution in [-0.2, 0) is 9.59 Å². The summed E-state index contributed by atoms with van der Waals surface area (Å²) < 4.78 is 0. The summed E-state index contributed by atoms with van der Waals surface area (Å²) in [5.74, 6) is 0.263. The number of likely N-dealkylation sites (tertiary alicyclic amines) is 1. The van der Waals surface area contributed by atoms with Gasteiger partial charge in [0.1, 0.15) is 0 Å². The molecule has 1 N–H and O–H groups in total. The van der Waals surface area contributed by atoms with Crippen molar-refractivity contribution in [2.75, 3.05) is 32.7 Å². The predicted octanol–water partition coefficient (Wildman–Crippen LogP) is 1.60. The van der Waals surface area contributed by atoms with E-state index in [1.54, 1.807) is 12.2 Å². The number of nitrogens with zero attached hydrogens (tertiary/aromatic N) is 2. The lowest BCUT2D eigenvalue weighted by molar-refractivity contribution is -0.142. The van der Waals surface area contributed by atoms with E-state index in [2.05, 4.69) is 18.5 Å². The molecule has 0 radical (unpaired) electrons. The van der Waals surface area contributed by atoms with Gasteiger partial charge < -0.3 is 15.1 Å². The number of carbonyl (C=O) groups is 2. The van der Waals surface area contributed by atoms with Gasteiger partial charge in [-0.05, 0) is 25.7 Å². The van der Waals surface area contributed by atoms with Crippen LogP contribution in [0, 0.1) is 5.92 Å². The van der Waals surface area contributed by atoms with Crippen molar-refractivity contribution in [1.82, 2.24) is 15.1 Å². The molecule has 2 amide bonds. The summed E-state index contributed by atoms with van der Waals surface area (Å²) in [7, 11) is 0. The van der Waals surface area contributed by atoms with E-state index in [1.165, 1.54) is 0 Å². The SMILES string of the molecule is C=CCC(CC=C)C(=O)N1CCCC(N2CCNCC2=O)C1.Cl. The highest BCUT2D eigenvalue weighted by Crippen LogP contribution is 2.21. The minimum atomic E-state index is -0.0625. The summed E-state index contributed by atoms with van der Waals surface area (Å²) >= 11 is 0. The van der Waals surface area contributed by atoms with Crippen LogP contribution in [0.4, 0.5) is 0 Å². The topological polar surface area (TPSA) is 52.7 Å². The molecule has 2 rings (SSSR count). The second-order valence-corrected chi connectivity index (χ2v) is 6.09. The second-order valence-electron chi connectivity index (χ2n) is 6.09. The van der Waals surface area contributed by atoms with Gasteiger partial charge in [-0.3, -0.25) is 9.59 Å². The third-order valence-electron chi connectivity index (χ3n) is 4.53. The van der Waals surface area contributed by atoms with Gasteiger partial charge in [0.25, 0.3) is 0 Å². The van der Waals surface area contributed by atoms with Crippen LogP contribution in [0.15, 0.2) is 25.3 Å². The van der Waals surface area contributed by atoms with E-state index in [1.807, 2.05) is 9.80 Å². The van der Waals surface area contributed by atoms with Gasteiger partial charge in [-0.2, -0.15) is 0 Å². The number of allylic oxidation sites excluding steroid dienone is 2. The standard InChI is InChI=1S/C17H27N3O2.ClH/c1-3-6-14(7-4-2)17(22)19-10-5-8-15(13-19)20-11-9-18-12-16(20)21;/h3-4,14-15,18H,1-2,5-13H2;1H. The maximum absolute atomic E-state index is 12.7. The number of carbonyl (C=O) groups excluding carboxylic acids is 2. The summed E-state index contributed by atoms with van der Waals surface area (Å²) in [4.78, 5) is 28.6. The van der Waals surface area contributed by atoms with Crippen molar-refractivity contribution in [2.24, 2.45) is 5.92 Å². The molecule has 2 heterocycles. The molecule has 0 bridgehead atoms. The zero-order valence-electron chi connectivity index (χ0n) is 13.7. The summed E-state index contributed by atoms with van der Waals surface area (Å²) in [5.41, 5.74) is 0. The fourth-order valence-corrected chi connectivity index (χ4v) is 3.38. The van der Waals surface area contributed by atoms with E-state index < -0.39 is 0 Å². The molecule has 130 valence electrons. The molecule has 2 aliphatic heterocycles. The summed E-state index contributed by atoms with van der Waals surface area (Å²) in [6.45, 7) is 10.9. The van der Waals surface area contributed by atoms with Gasteiger partial charge in [-0.25, -0.2) is 0 Å². The van der Waals surface area contributed by atoms with Gasteiger partial charge in [0.2, 0.25) is 11.8 Å². The average molecular weight is 342 g/mol. The minimum Gasteiger partial charge on any atom is -0.340 e. The highest BCUT2D eigenvalue weighted by molar-refractivity contribution is 5.85. The third-order valence-corrected chi connectivity index (χ3v) is 4.53. The highest BCUT2D eigenvalue weighted by Gasteiger charge is 2.33. The largest absolute Gasteiger partial charge is 0.340 e. The first-order valence-electron chi connectivity index (χ1n) is 8.18. The van der Waals surface area contributed by atoms with Crippen molar-refractivity contribution in [3.63, 3.8) is 0 Å². The van der Waals surface area contributed by atoms with E-state index in [-0.39, 0.29) is 36.2 Å². The minimum absolute atomic E-state index is 0. The Balaban J connectivity index is 0.00000264. The molecule has 2 fully saturated rings. The molecule has 0 aromatic heterocycles. The van der Waals surface area contributed by atoms with Gasteiger partial charge in [-0.15, -0.1) is 25.6 Å². The first-order chi connectivity index (χ1) is 10.7. The van der Waals surface area contributed by atoms with Crippen LogP contribution in [0.3, 0.4) is 0 Å². The van der Waals surface area contributed by atoms with Gasteiger partial charge in [-0.1, -0.05) is 12.2 Å². The van der Waals surface area contributed by atoms with Gasteiger partial charge in [0.05, 0.1) is 6.54 Å². The Labute approximate surface area is 145 Å². The highest BCUT2D eigenvalue weighted by atomic mass is 35.5. The lowest BCUT2D eigenvalue weighted by atomic mass is 9.96. The average Bonchev–Trinajstić information content (AvgIpc) is 2.54. The molecular weight excluding hydrogens is 314 g/mol. The number of amides is 2. The number of hydrogen-bond acceptors (Lipinski definition) is 3. The fraction of sp³-hybridized carbons (Fsp3) is 0.647. The van der Waals surface area contributed by atoms with Crippen molar-refractivity contribution in [2.45, 2.75) is 31.7 Å². The predicted molar refractivity (Wildman–Crippen MR) is 94.6 cm³/mol. The van der Waals surface area contributed by atoms with E-state index >= 15 is 0 Å². The second kappa shape index (κ2) is 9.73. The monoisotopic (exact) mass is 341 g/mol. The Morgan fingerprint density at radius 1 is 1.30 bits per heavy atom. The van der Waals surface area contributed by atoms with Crippen LogP contribution in [-0.4, -0.2) is 60.4 Å². The summed E-state index contributed by atoms with van der Waals surface area (Å²) in [6.07, 6.45) is 6.91. The zero-order valence-corrected chi connectivity index (χ0v) is 14.5. The lowest BCUT2D eigenvalue weighted by Gasteiger charge is -2.41. The Morgan fingerprint density at radius 2 is 2.00 bits per heavy atom. The quantitative estimate of drug-likeness (QED) is 0.747. The van der Waals surface area contributed by atoms with Crippen molar-refractivity contribution in [3.05, 3.63) is 25.3 Å². The Hall–Kier alpha value is -1.33. The van der Waals surface area contributed by atoms with Crippen LogP contribution < -0.4 is 5.32 Å². The van der Waals surface area contributed by atoms with E-state index in [4.69, 9.17) is 0 Å². The number of piperazine rings is 1. The molecular formula is C17H28ClN3O2. The molecule has 23 heavy (non-hydrogen) atoms. The van der Waals surface area contributed by atoms with Crippen LogP contribution >= 0.6 is 12.4 Å². The normalized spacial score (nSPS) is 21.8. The number of rotatable bonds is 6.